The van der Waals surface area contributed by atoms with Gasteiger partial charge in [0.2, 0.25) is 0 Å². The summed E-state index contributed by atoms with van der Waals surface area (Å²) < 4.78 is 0.625. The Bertz CT molecular complexity index is 106. The second kappa shape index (κ2) is 3.31. The van der Waals surface area contributed by atoms with Gasteiger partial charge in [-0.3, -0.25) is 0 Å². The van der Waals surface area contributed by atoms with E-state index >= 15 is 0 Å². The summed E-state index contributed by atoms with van der Waals surface area (Å²) in [6.45, 7) is 0. The van der Waals surface area contributed by atoms with E-state index in [0.29, 0.717) is 3.16 Å². The molecule has 0 saturated carbocycles. The molecule has 0 aliphatic rings. The summed E-state index contributed by atoms with van der Waals surface area (Å²) in [7, 11) is 0. The zero-order chi connectivity index (χ0) is 5.86. The Morgan fingerprint density at radius 2 is 2.29 bits per heavy atom. The van der Waals surface area contributed by atoms with E-state index in [1.165, 1.54) is 0 Å². The van der Waals surface area contributed by atoms with Gasteiger partial charge >= 0.3 is 58.7 Å². The van der Waals surface area contributed by atoms with Crippen molar-refractivity contribution in [2.24, 2.45) is 0 Å². The summed E-state index contributed by atoms with van der Waals surface area (Å²) in [4.78, 5) is 9.70. The molecule has 0 radical (unpaired) electrons. The van der Waals surface area contributed by atoms with E-state index in [-0.39, 0.29) is 0 Å². The van der Waals surface area contributed by atoms with Gasteiger partial charge < -0.3 is 0 Å². The molecule has 2 nitrogen and oxygen atoms in total. The molecule has 0 aliphatic carbocycles. The second-order valence-electron chi connectivity index (χ2n) is 1.07. The summed E-state index contributed by atoms with van der Waals surface area (Å²) >= 11 is 4.62. The van der Waals surface area contributed by atoms with Crippen LogP contribution < -0.4 is 0 Å². The fourth-order valence-electron chi connectivity index (χ4n) is 0.170. The Hall–Kier alpha value is 0.287. The van der Waals surface area contributed by atoms with Crippen LogP contribution >= 0.6 is 15.9 Å². The number of rotatable bonds is 1. The van der Waals surface area contributed by atoms with Gasteiger partial charge in [0.25, 0.3) is 0 Å². The van der Waals surface area contributed by atoms with Crippen LogP contribution in [-0.2, 0) is 4.79 Å². The van der Waals surface area contributed by atoms with Crippen molar-refractivity contribution in [3.05, 3.63) is 9.23 Å². The molecule has 0 aromatic rings. The van der Waals surface area contributed by atoms with Crippen molar-refractivity contribution in [2.45, 2.75) is 0 Å². The van der Waals surface area contributed by atoms with Gasteiger partial charge in [0.05, 0.1) is 0 Å². The van der Waals surface area contributed by atoms with Crippen LogP contribution in [0.3, 0.4) is 0 Å². The number of carboxylic acid groups (broad SMARTS) is 1. The quantitative estimate of drug-likeness (QED) is 0.443. The molecule has 0 rings (SSSR count). The summed E-state index contributed by atoms with van der Waals surface area (Å²) in [6, 6.07) is 0. The van der Waals surface area contributed by atoms with E-state index in [1.807, 2.05) is 0 Å². The molecule has 34 valence electrons. The molecule has 0 aliphatic heterocycles. The third-order valence-corrected chi connectivity index (χ3v) is 0.551. The van der Waals surface area contributed by atoms with E-state index < -0.39 is 5.97 Å². The van der Waals surface area contributed by atoms with E-state index in [4.69, 9.17) is 5.11 Å². The van der Waals surface area contributed by atoms with Crippen molar-refractivity contribution in [2.75, 3.05) is 0 Å². The molecule has 0 spiro atoms. The summed E-state index contributed by atoms with van der Waals surface area (Å²) in [6.07, 6.45) is 1.08. The monoisotopic (exact) mass is 156 g/mol. The standard InChI is InChI=1S/C3H2BrO2.Li/c4-2-1-3(5)6;/h1H,(H,5,6);. The topological polar surface area (TPSA) is 37.3 Å². The first-order valence-electron chi connectivity index (χ1n) is 1.69. The van der Waals surface area contributed by atoms with Gasteiger partial charge in [0.15, 0.2) is 0 Å². The average Bonchev–Trinajstić information content (AvgIpc) is 1.27. The van der Waals surface area contributed by atoms with Crippen molar-refractivity contribution in [3.63, 3.8) is 0 Å². The van der Waals surface area contributed by atoms with Gasteiger partial charge in [-0.05, 0) is 0 Å². The predicted molar refractivity (Wildman–Crippen MR) is 30.4 cm³/mol. The Balaban J connectivity index is 3.68. The molecule has 0 heterocycles. The number of hydrogen-bond acceptors (Lipinski definition) is 1. The zero-order valence-corrected chi connectivity index (χ0v) is 5.40. The summed E-state index contributed by atoms with van der Waals surface area (Å²) in [5.74, 6) is -0.922. The third kappa shape index (κ3) is 6.29. The van der Waals surface area contributed by atoms with E-state index in [2.05, 4.69) is 15.9 Å². The molecule has 4 heteroatoms. The molecule has 0 bridgehead atoms. The molecule has 0 atom stereocenters. The number of carboxylic acids is 1. The Morgan fingerprint density at radius 3 is 2.29 bits per heavy atom. The average molecular weight is 157 g/mol. The van der Waals surface area contributed by atoms with Crippen LogP contribution in [0.25, 0.3) is 0 Å². The van der Waals surface area contributed by atoms with Crippen LogP contribution in [0.1, 0.15) is 0 Å². The van der Waals surface area contributed by atoms with Gasteiger partial charge in [0.1, 0.15) is 0 Å². The number of aliphatic carboxylic acids is 1. The first-order valence-corrected chi connectivity index (χ1v) is 2.49. The van der Waals surface area contributed by atoms with Gasteiger partial charge in [-0.1, -0.05) is 0 Å². The first kappa shape index (κ1) is 7.29. The van der Waals surface area contributed by atoms with E-state index in [9.17, 15) is 4.79 Å². The van der Waals surface area contributed by atoms with E-state index in [0.717, 1.165) is 6.08 Å². The maximum atomic E-state index is 9.70. The SMILES string of the molecule is [Li]/[C](Br)=C\C(=O)O. The van der Waals surface area contributed by atoms with Crippen molar-refractivity contribution in [1.82, 2.24) is 0 Å². The molecule has 0 fully saturated rings. The third-order valence-electron chi connectivity index (χ3n) is 0.322. The Kier molecular flexibility index (Phi) is 3.45. The van der Waals surface area contributed by atoms with Crippen LogP contribution in [-0.4, -0.2) is 28.8 Å². The van der Waals surface area contributed by atoms with Crippen LogP contribution in [0, 0.1) is 0 Å². The van der Waals surface area contributed by atoms with Gasteiger partial charge in [-0.2, -0.15) is 0 Å². The Labute approximate surface area is 58.9 Å². The molecule has 0 unspecified atom stereocenters. The van der Waals surface area contributed by atoms with Crippen molar-refractivity contribution >= 4 is 39.6 Å². The summed E-state index contributed by atoms with van der Waals surface area (Å²) in [5.41, 5.74) is 0. The van der Waals surface area contributed by atoms with Crippen molar-refractivity contribution < 1.29 is 9.90 Å². The van der Waals surface area contributed by atoms with Crippen molar-refractivity contribution in [3.8, 4) is 0 Å². The molecular weight excluding hydrogens is 155 g/mol. The number of hydrogen-bond donors (Lipinski definition) is 1. The first-order chi connectivity index (χ1) is 3.13. The van der Waals surface area contributed by atoms with Crippen molar-refractivity contribution in [1.29, 1.82) is 0 Å². The number of halogens is 1. The van der Waals surface area contributed by atoms with Crippen LogP contribution in [0.15, 0.2) is 9.23 Å². The van der Waals surface area contributed by atoms with Gasteiger partial charge in [-0.25, -0.2) is 0 Å². The minimum absolute atomic E-state index is 0.625. The second-order valence-corrected chi connectivity index (χ2v) is 2.32. The molecule has 7 heavy (non-hydrogen) atoms. The zero-order valence-electron chi connectivity index (χ0n) is 3.81. The molecule has 0 aromatic carbocycles. The van der Waals surface area contributed by atoms with E-state index in [1.54, 1.807) is 17.7 Å². The fraction of sp³-hybridized carbons (Fsp3) is 0. The minimum atomic E-state index is -0.922. The van der Waals surface area contributed by atoms with Gasteiger partial charge in [0, 0.05) is 0 Å². The summed E-state index contributed by atoms with van der Waals surface area (Å²) in [5, 5.41) is 7.98. The van der Waals surface area contributed by atoms with Crippen LogP contribution in [0.5, 0.6) is 0 Å². The molecule has 1 N–H and O–H groups in total. The molecule has 0 amide bonds. The fourth-order valence-corrected chi connectivity index (χ4v) is 0.366. The van der Waals surface area contributed by atoms with Crippen LogP contribution in [0.4, 0.5) is 0 Å². The van der Waals surface area contributed by atoms with Gasteiger partial charge in [-0.15, -0.1) is 0 Å². The molecule has 0 saturated heterocycles. The maximum absolute atomic E-state index is 9.70. The normalized spacial score (nSPS) is 11.6. The Morgan fingerprint density at radius 1 is 1.86 bits per heavy atom. The predicted octanol–water partition coefficient (Wildman–Crippen LogP) is 0.476. The molecular formula is C3H2BrLiO2. The number of carbonyl (C=O) groups is 1. The molecule has 0 aromatic heterocycles. The van der Waals surface area contributed by atoms with Crippen LogP contribution in [0.2, 0.25) is 0 Å².